The highest BCUT2D eigenvalue weighted by molar-refractivity contribution is 5.96. The number of carbonyl (C=O) groups is 1. The molecule has 25 heavy (non-hydrogen) atoms. The van der Waals surface area contributed by atoms with Gasteiger partial charge in [-0.2, -0.15) is 5.10 Å². The van der Waals surface area contributed by atoms with Gasteiger partial charge >= 0.3 is 0 Å². The molecular weight excluding hydrogens is 321 g/mol. The third kappa shape index (κ3) is 2.61. The summed E-state index contributed by atoms with van der Waals surface area (Å²) < 4.78 is 14.8. The molecule has 0 radical (unpaired) electrons. The predicted octanol–water partition coefficient (Wildman–Crippen LogP) is 2.55. The van der Waals surface area contributed by atoms with Crippen molar-refractivity contribution in [2.75, 3.05) is 6.54 Å². The van der Waals surface area contributed by atoms with Crippen molar-refractivity contribution in [2.45, 2.75) is 26.8 Å². The van der Waals surface area contributed by atoms with E-state index in [4.69, 9.17) is 0 Å². The molecule has 7 heteroatoms. The van der Waals surface area contributed by atoms with E-state index in [0.717, 1.165) is 29.2 Å². The first-order chi connectivity index (χ1) is 12.0. The lowest BCUT2D eigenvalue weighted by Gasteiger charge is -2.26. The highest BCUT2D eigenvalue weighted by Gasteiger charge is 2.27. The molecule has 0 fully saturated rings. The largest absolute Gasteiger partial charge is 0.347 e. The van der Waals surface area contributed by atoms with Crippen LogP contribution in [0.4, 0.5) is 4.39 Å². The summed E-state index contributed by atoms with van der Waals surface area (Å²) in [6.07, 6.45) is 2.41. The Hall–Kier alpha value is -2.96. The number of rotatable bonds is 2. The molecule has 0 saturated carbocycles. The maximum absolute atomic E-state index is 13.2. The summed E-state index contributed by atoms with van der Waals surface area (Å²) in [4.78, 5) is 22.2. The molecule has 1 aliphatic rings. The number of halogens is 1. The zero-order valence-electron chi connectivity index (χ0n) is 14.1. The Balaban J connectivity index is 1.67. The number of aromatic nitrogens is 4. The molecule has 6 nitrogen and oxygen atoms in total. The van der Waals surface area contributed by atoms with Gasteiger partial charge in [0.15, 0.2) is 0 Å². The van der Waals surface area contributed by atoms with Gasteiger partial charge in [0, 0.05) is 13.0 Å². The van der Waals surface area contributed by atoms with Crippen LogP contribution in [-0.4, -0.2) is 37.1 Å². The fourth-order valence-electron chi connectivity index (χ4n) is 3.33. The van der Waals surface area contributed by atoms with Crippen molar-refractivity contribution in [3.8, 4) is 5.69 Å². The molecule has 0 bridgehead atoms. The molecule has 0 aliphatic carbocycles. The number of fused-ring (bicyclic) bond motifs is 1. The number of aromatic amines is 1. The number of nitrogens with one attached hydrogen (secondary N) is 1. The fraction of sp³-hybridized carbons (Fsp3) is 0.278. The molecular formula is C18H18FN5O. The summed E-state index contributed by atoms with van der Waals surface area (Å²) in [5, 5.41) is 4.49. The lowest BCUT2D eigenvalue weighted by molar-refractivity contribution is 0.0730. The molecule has 3 aromatic rings. The van der Waals surface area contributed by atoms with Gasteiger partial charge in [0.25, 0.3) is 5.91 Å². The fourth-order valence-corrected chi connectivity index (χ4v) is 3.33. The molecule has 1 aliphatic heterocycles. The molecule has 128 valence electrons. The molecule has 0 saturated heterocycles. The highest BCUT2D eigenvalue weighted by Crippen LogP contribution is 2.23. The molecule has 1 aromatic carbocycles. The Morgan fingerprint density at radius 1 is 1.24 bits per heavy atom. The zero-order valence-corrected chi connectivity index (χ0v) is 14.1. The van der Waals surface area contributed by atoms with Gasteiger partial charge in [0.05, 0.1) is 46.9 Å². The van der Waals surface area contributed by atoms with E-state index in [0.29, 0.717) is 24.3 Å². The molecule has 0 atom stereocenters. The Morgan fingerprint density at radius 3 is 2.76 bits per heavy atom. The Labute approximate surface area is 144 Å². The van der Waals surface area contributed by atoms with Gasteiger partial charge < -0.3 is 9.88 Å². The van der Waals surface area contributed by atoms with Crippen LogP contribution < -0.4 is 0 Å². The number of benzene rings is 1. The van der Waals surface area contributed by atoms with E-state index < -0.39 is 0 Å². The van der Waals surface area contributed by atoms with Gasteiger partial charge in [-0.15, -0.1) is 0 Å². The van der Waals surface area contributed by atoms with Crippen LogP contribution in [0.2, 0.25) is 0 Å². The van der Waals surface area contributed by atoms with Gasteiger partial charge in [0.1, 0.15) is 5.82 Å². The second kappa shape index (κ2) is 5.84. The monoisotopic (exact) mass is 339 g/mol. The normalized spacial score (nSPS) is 13.8. The minimum Gasteiger partial charge on any atom is -0.347 e. The summed E-state index contributed by atoms with van der Waals surface area (Å²) in [5.41, 5.74) is 4.77. The number of hydrogen-bond donors (Lipinski definition) is 1. The molecule has 4 rings (SSSR count). The van der Waals surface area contributed by atoms with Crippen LogP contribution in [0.15, 0.2) is 30.6 Å². The summed E-state index contributed by atoms with van der Waals surface area (Å²) in [5.74, 6) is -0.339. The SMILES string of the molecule is Cc1nn(-c2ccc(F)cc2)c(C)c1C(=O)N1CCc2nc[nH]c2C1. The average Bonchev–Trinajstić information content (AvgIpc) is 3.18. The molecule has 1 N–H and O–H groups in total. The van der Waals surface area contributed by atoms with Gasteiger partial charge in [-0.25, -0.2) is 14.1 Å². The number of aryl methyl sites for hydroxylation is 1. The Kier molecular flexibility index (Phi) is 3.63. The van der Waals surface area contributed by atoms with Crippen LogP contribution in [-0.2, 0) is 13.0 Å². The number of amides is 1. The van der Waals surface area contributed by atoms with Crippen molar-refractivity contribution >= 4 is 5.91 Å². The molecule has 0 spiro atoms. The third-order valence-corrected chi connectivity index (χ3v) is 4.64. The van der Waals surface area contributed by atoms with Crippen molar-refractivity contribution in [2.24, 2.45) is 0 Å². The van der Waals surface area contributed by atoms with Gasteiger partial charge in [-0.05, 0) is 38.1 Å². The summed E-state index contributed by atoms with van der Waals surface area (Å²) >= 11 is 0. The van der Waals surface area contributed by atoms with Crippen molar-refractivity contribution < 1.29 is 9.18 Å². The number of hydrogen-bond acceptors (Lipinski definition) is 3. The van der Waals surface area contributed by atoms with Crippen LogP contribution in [0.25, 0.3) is 5.69 Å². The molecule has 2 aromatic heterocycles. The lowest BCUT2D eigenvalue weighted by atomic mass is 10.1. The number of H-pyrrole nitrogens is 1. The first-order valence-corrected chi connectivity index (χ1v) is 8.17. The van der Waals surface area contributed by atoms with Crippen LogP contribution in [0, 0.1) is 19.7 Å². The van der Waals surface area contributed by atoms with Gasteiger partial charge in [-0.3, -0.25) is 4.79 Å². The van der Waals surface area contributed by atoms with Crippen LogP contribution >= 0.6 is 0 Å². The Bertz CT molecular complexity index is 941. The van der Waals surface area contributed by atoms with Crippen molar-refractivity contribution in [3.63, 3.8) is 0 Å². The van der Waals surface area contributed by atoms with Crippen molar-refractivity contribution in [1.82, 2.24) is 24.6 Å². The zero-order chi connectivity index (χ0) is 17.6. The highest BCUT2D eigenvalue weighted by atomic mass is 19.1. The standard InChI is InChI=1S/C18H18FN5O/c1-11-17(12(2)24(22-11)14-5-3-13(19)4-6-14)18(25)23-8-7-15-16(9-23)21-10-20-15/h3-6,10H,7-9H2,1-2H3,(H,20,21). The van der Waals surface area contributed by atoms with Gasteiger partial charge in [-0.1, -0.05) is 0 Å². The smallest absolute Gasteiger partial charge is 0.257 e. The quantitative estimate of drug-likeness (QED) is 0.780. The van der Waals surface area contributed by atoms with E-state index in [-0.39, 0.29) is 11.7 Å². The number of nitrogens with zero attached hydrogens (tertiary/aromatic N) is 4. The lowest BCUT2D eigenvalue weighted by Crippen LogP contribution is -2.36. The van der Waals surface area contributed by atoms with E-state index in [1.54, 1.807) is 23.1 Å². The van der Waals surface area contributed by atoms with Crippen molar-refractivity contribution in [3.05, 3.63) is 64.7 Å². The second-order valence-electron chi connectivity index (χ2n) is 6.24. The minimum atomic E-state index is -0.301. The molecule has 1 amide bonds. The predicted molar refractivity (Wildman–Crippen MR) is 90.0 cm³/mol. The molecule has 3 heterocycles. The number of carbonyl (C=O) groups excluding carboxylic acids is 1. The van der Waals surface area contributed by atoms with E-state index in [1.165, 1.54) is 12.1 Å². The van der Waals surface area contributed by atoms with E-state index in [2.05, 4.69) is 15.1 Å². The van der Waals surface area contributed by atoms with E-state index in [9.17, 15) is 9.18 Å². The first-order valence-electron chi connectivity index (χ1n) is 8.17. The van der Waals surface area contributed by atoms with E-state index >= 15 is 0 Å². The second-order valence-corrected chi connectivity index (χ2v) is 6.24. The summed E-state index contributed by atoms with van der Waals surface area (Å²) in [6.45, 7) is 4.85. The maximum atomic E-state index is 13.2. The molecule has 0 unspecified atom stereocenters. The van der Waals surface area contributed by atoms with Gasteiger partial charge in [0.2, 0.25) is 0 Å². The number of imidazole rings is 1. The average molecular weight is 339 g/mol. The topological polar surface area (TPSA) is 66.8 Å². The Morgan fingerprint density at radius 2 is 2.00 bits per heavy atom. The summed E-state index contributed by atoms with van der Waals surface area (Å²) in [7, 11) is 0. The maximum Gasteiger partial charge on any atom is 0.257 e. The first kappa shape index (κ1) is 15.6. The van der Waals surface area contributed by atoms with Crippen LogP contribution in [0.3, 0.4) is 0 Å². The third-order valence-electron chi connectivity index (χ3n) is 4.64. The van der Waals surface area contributed by atoms with Crippen LogP contribution in [0.5, 0.6) is 0 Å². The van der Waals surface area contributed by atoms with Crippen LogP contribution in [0.1, 0.15) is 33.1 Å². The summed E-state index contributed by atoms with van der Waals surface area (Å²) in [6, 6.07) is 6.08. The van der Waals surface area contributed by atoms with Crippen molar-refractivity contribution in [1.29, 1.82) is 0 Å². The minimum absolute atomic E-state index is 0.0383. The van der Waals surface area contributed by atoms with E-state index in [1.807, 2.05) is 18.7 Å².